The van der Waals surface area contributed by atoms with Gasteiger partial charge in [-0.1, -0.05) is 0 Å². The van der Waals surface area contributed by atoms with Gasteiger partial charge in [0.25, 0.3) is 5.91 Å². The number of isocyanates is 1. The van der Waals surface area contributed by atoms with Crippen molar-refractivity contribution >= 4 is 18.0 Å². The van der Waals surface area contributed by atoms with E-state index in [0.29, 0.717) is 0 Å². The average Bonchev–Trinajstić information content (AvgIpc) is 2.37. The molecule has 0 bridgehead atoms. The minimum atomic E-state index is -0.755. The molecule has 0 spiro atoms. The van der Waals surface area contributed by atoms with Crippen molar-refractivity contribution < 1.29 is 23.9 Å². The summed E-state index contributed by atoms with van der Waals surface area (Å²) in [4.78, 5) is 35.5. The minimum absolute atomic E-state index is 0.123. The Labute approximate surface area is 96.9 Å². The lowest BCUT2D eigenvalue weighted by Gasteiger charge is -2.07. The van der Waals surface area contributed by atoms with Gasteiger partial charge < -0.3 is 9.47 Å². The number of aliphatic imine (C=N–C) groups is 1. The highest BCUT2D eigenvalue weighted by molar-refractivity contribution is 6.00. The molecule has 0 aromatic heterocycles. The van der Waals surface area contributed by atoms with E-state index in [1.807, 2.05) is 0 Å². The van der Waals surface area contributed by atoms with Gasteiger partial charge in [0.1, 0.15) is 11.3 Å². The SMILES string of the molecule is COC(=O)c1ccc(C(=O)N=C=O)cc1OC. The number of rotatable bonds is 3. The predicted octanol–water partition coefficient (Wildman–Crippen LogP) is 0.958. The van der Waals surface area contributed by atoms with Crippen molar-refractivity contribution in [2.24, 2.45) is 4.99 Å². The van der Waals surface area contributed by atoms with Crippen LogP contribution in [0.1, 0.15) is 20.7 Å². The predicted molar refractivity (Wildman–Crippen MR) is 56.8 cm³/mol. The van der Waals surface area contributed by atoms with Crippen molar-refractivity contribution in [2.45, 2.75) is 0 Å². The molecule has 17 heavy (non-hydrogen) atoms. The summed E-state index contributed by atoms with van der Waals surface area (Å²) in [5.41, 5.74) is 0.305. The zero-order chi connectivity index (χ0) is 12.8. The van der Waals surface area contributed by atoms with Crippen LogP contribution in [0.4, 0.5) is 0 Å². The number of ether oxygens (including phenoxy) is 2. The maximum absolute atomic E-state index is 11.3. The van der Waals surface area contributed by atoms with Crippen LogP contribution in [0.25, 0.3) is 0 Å². The summed E-state index contributed by atoms with van der Waals surface area (Å²) in [7, 11) is 2.58. The van der Waals surface area contributed by atoms with Gasteiger partial charge in [0.2, 0.25) is 6.08 Å². The fourth-order valence-electron chi connectivity index (χ4n) is 1.21. The lowest BCUT2D eigenvalue weighted by molar-refractivity contribution is 0.0596. The Morgan fingerprint density at radius 1 is 1.29 bits per heavy atom. The van der Waals surface area contributed by atoms with Crippen molar-refractivity contribution in [3.8, 4) is 5.75 Å². The second-order valence-corrected chi connectivity index (χ2v) is 2.91. The normalized spacial score (nSPS) is 9.06. The lowest BCUT2D eigenvalue weighted by atomic mass is 10.1. The zero-order valence-corrected chi connectivity index (χ0v) is 9.22. The third-order valence-corrected chi connectivity index (χ3v) is 2.00. The zero-order valence-electron chi connectivity index (χ0n) is 9.22. The largest absolute Gasteiger partial charge is 0.496 e. The summed E-state index contributed by atoms with van der Waals surface area (Å²) in [6.07, 6.45) is 1.14. The maximum Gasteiger partial charge on any atom is 0.341 e. The third kappa shape index (κ3) is 2.76. The van der Waals surface area contributed by atoms with Gasteiger partial charge in [-0.15, -0.1) is 4.99 Å². The molecule has 6 nitrogen and oxygen atoms in total. The van der Waals surface area contributed by atoms with Crippen LogP contribution in [0.3, 0.4) is 0 Å². The number of hydrogen-bond acceptors (Lipinski definition) is 5. The average molecular weight is 235 g/mol. The second kappa shape index (κ2) is 5.58. The summed E-state index contributed by atoms with van der Waals surface area (Å²) in [5.74, 6) is -1.17. The van der Waals surface area contributed by atoms with Gasteiger partial charge in [-0.05, 0) is 18.2 Å². The Kier molecular flexibility index (Phi) is 4.14. The van der Waals surface area contributed by atoms with Gasteiger partial charge in [0, 0.05) is 5.56 Å². The molecule has 0 aliphatic rings. The Hall–Kier alpha value is -2.46. The van der Waals surface area contributed by atoms with Gasteiger partial charge in [0.15, 0.2) is 0 Å². The summed E-state index contributed by atoms with van der Waals surface area (Å²) >= 11 is 0. The Morgan fingerprint density at radius 2 is 2.00 bits per heavy atom. The topological polar surface area (TPSA) is 82.0 Å². The minimum Gasteiger partial charge on any atom is -0.496 e. The molecule has 0 aliphatic heterocycles. The number of benzene rings is 1. The standard InChI is InChI=1S/C11H9NO5/c1-16-9-5-7(10(14)12-6-13)3-4-8(9)11(15)17-2/h3-5H,1-2H3. The van der Waals surface area contributed by atoms with Crippen LogP contribution in [-0.4, -0.2) is 32.2 Å². The molecule has 0 saturated carbocycles. The maximum atomic E-state index is 11.3. The fourth-order valence-corrected chi connectivity index (χ4v) is 1.21. The van der Waals surface area contributed by atoms with Crippen molar-refractivity contribution in [1.29, 1.82) is 0 Å². The van der Waals surface area contributed by atoms with Crippen LogP contribution < -0.4 is 4.74 Å². The molecule has 0 heterocycles. The number of esters is 1. The first-order valence-corrected chi connectivity index (χ1v) is 4.52. The quantitative estimate of drug-likeness (QED) is 0.442. The van der Waals surface area contributed by atoms with Gasteiger partial charge in [-0.25, -0.2) is 9.59 Å². The third-order valence-electron chi connectivity index (χ3n) is 2.00. The molecule has 1 aromatic carbocycles. The Bertz CT molecular complexity index is 503. The summed E-state index contributed by atoms with van der Waals surface area (Å²) in [5, 5.41) is 0. The van der Waals surface area contributed by atoms with Gasteiger partial charge in [0.05, 0.1) is 14.2 Å². The fraction of sp³-hybridized carbons (Fsp3) is 0.182. The molecule has 6 heteroatoms. The summed E-state index contributed by atoms with van der Waals surface area (Å²) in [6.45, 7) is 0. The second-order valence-electron chi connectivity index (χ2n) is 2.91. The molecule has 1 rings (SSSR count). The number of amides is 1. The highest BCUT2D eigenvalue weighted by Crippen LogP contribution is 2.21. The first-order valence-electron chi connectivity index (χ1n) is 4.52. The van der Waals surface area contributed by atoms with Crippen molar-refractivity contribution in [2.75, 3.05) is 14.2 Å². The molecule has 0 fully saturated rings. The van der Waals surface area contributed by atoms with Crippen LogP contribution in [0, 0.1) is 0 Å². The number of nitrogens with zero attached hydrogens (tertiary/aromatic N) is 1. The Balaban J connectivity index is 3.21. The molecule has 0 N–H and O–H groups in total. The number of carbonyl (C=O) groups excluding carboxylic acids is 3. The van der Waals surface area contributed by atoms with E-state index in [2.05, 4.69) is 9.73 Å². The van der Waals surface area contributed by atoms with Gasteiger partial charge >= 0.3 is 5.97 Å². The smallest absolute Gasteiger partial charge is 0.341 e. The Morgan fingerprint density at radius 3 is 2.53 bits per heavy atom. The van der Waals surface area contributed by atoms with Crippen LogP contribution in [0.2, 0.25) is 0 Å². The highest BCUT2D eigenvalue weighted by Gasteiger charge is 2.15. The van der Waals surface area contributed by atoms with E-state index in [1.54, 1.807) is 0 Å². The molecule has 0 aliphatic carbocycles. The van der Waals surface area contributed by atoms with Gasteiger partial charge in [-0.3, -0.25) is 4.79 Å². The van der Waals surface area contributed by atoms with E-state index < -0.39 is 11.9 Å². The first-order chi connectivity index (χ1) is 8.13. The lowest BCUT2D eigenvalue weighted by Crippen LogP contribution is -2.05. The molecule has 0 saturated heterocycles. The molecular formula is C11H9NO5. The number of methoxy groups -OCH3 is 2. The summed E-state index contributed by atoms with van der Waals surface area (Å²) < 4.78 is 9.48. The molecule has 0 radical (unpaired) electrons. The van der Waals surface area contributed by atoms with E-state index in [1.165, 1.54) is 32.4 Å². The molecular weight excluding hydrogens is 226 g/mol. The molecule has 1 aromatic rings. The molecule has 88 valence electrons. The van der Waals surface area contributed by atoms with E-state index in [9.17, 15) is 14.4 Å². The van der Waals surface area contributed by atoms with Crippen LogP contribution in [0.15, 0.2) is 23.2 Å². The van der Waals surface area contributed by atoms with Crippen LogP contribution in [-0.2, 0) is 9.53 Å². The van der Waals surface area contributed by atoms with E-state index in [4.69, 9.17) is 4.74 Å². The first kappa shape index (κ1) is 12.6. The van der Waals surface area contributed by atoms with Gasteiger partial charge in [-0.2, -0.15) is 0 Å². The van der Waals surface area contributed by atoms with Crippen LogP contribution in [0.5, 0.6) is 5.75 Å². The molecule has 1 amide bonds. The number of carbonyl (C=O) groups is 2. The number of hydrogen-bond donors (Lipinski definition) is 0. The van der Waals surface area contributed by atoms with Crippen molar-refractivity contribution in [3.63, 3.8) is 0 Å². The van der Waals surface area contributed by atoms with E-state index in [-0.39, 0.29) is 16.9 Å². The van der Waals surface area contributed by atoms with E-state index >= 15 is 0 Å². The van der Waals surface area contributed by atoms with E-state index in [0.717, 1.165) is 6.08 Å². The summed E-state index contributed by atoms with van der Waals surface area (Å²) in [6, 6.07) is 4.01. The molecule has 0 unspecified atom stereocenters. The highest BCUT2D eigenvalue weighted by atomic mass is 16.5. The van der Waals surface area contributed by atoms with Crippen molar-refractivity contribution in [3.05, 3.63) is 29.3 Å². The van der Waals surface area contributed by atoms with Crippen molar-refractivity contribution in [1.82, 2.24) is 0 Å². The van der Waals surface area contributed by atoms with Crippen LogP contribution >= 0.6 is 0 Å². The molecule has 0 atom stereocenters. The monoisotopic (exact) mass is 235 g/mol.